The van der Waals surface area contributed by atoms with Gasteiger partial charge in [-0.3, -0.25) is 4.79 Å². The van der Waals surface area contributed by atoms with Gasteiger partial charge in [-0.15, -0.1) is 0 Å². The lowest BCUT2D eigenvalue weighted by molar-refractivity contribution is -0.139. The number of aryl methyl sites for hydroxylation is 1. The van der Waals surface area contributed by atoms with Gasteiger partial charge in [0.1, 0.15) is 18.2 Å². The number of para-hydroxylation sites is 2. The highest BCUT2D eigenvalue weighted by atomic mass is 16.5. The van der Waals surface area contributed by atoms with Crippen molar-refractivity contribution in [2.24, 2.45) is 7.05 Å². The summed E-state index contributed by atoms with van der Waals surface area (Å²) in [6, 6.07) is 15.8. The number of nitrogens with zero attached hydrogens (tertiary/aromatic N) is 2. The van der Waals surface area contributed by atoms with Crippen molar-refractivity contribution in [3.63, 3.8) is 0 Å². The third kappa shape index (κ3) is 4.16. The number of rotatable bonds is 7. The van der Waals surface area contributed by atoms with Crippen LogP contribution >= 0.6 is 0 Å². The summed E-state index contributed by atoms with van der Waals surface area (Å²) in [6.45, 7) is 1.20. The minimum absolute atomic E-state index is 0.196. The summed E-state index contributed by atoms with van der Waals surface area (Å²) in [7, 11) is 3.37. The molecule has 25 heavy (non-hydrogen) atoms. The van der Waals surface area contributed by atoms with Gasteiger partial charge in [0.15, 0.2) is 0 Å². The van der Waals surface area contributed by atoms with Crippen LogP contribution < -0.4 is 10.1 Å². The van der Waals surface area contributed by atoms with E-state index < -0.39 is 0 Å². The van der Waals surface area contributed by atoms with Crippen molar-refractivity contribution in [2.45, 2.75) is 13.2 Å². The number of aromatic nitrogens is 2. The molecule has 0 bridgehead atoms. The van der Waals surface area contributed by atoms with E-state index >= 15 is 0 Å². The summed E-state index contributed by atoms with van der Waals surface area (Å²) in [5, 5.41) is 3.02. The Morgan fingerprint density at radius 3 is 2.64 bits per heavy atom. The predicted molar refractivity (Wildman–Crippen MR) is 95.2 cm³/mol. The van der Waals surface area contributed by atoms with Gasteiger partial charge in [0.2, 0.25) is 0 Å². The van der Waals surface area contributed by atoms with Gasteiger partial charge in [-0.25, -0.2) is 4.98 Å². The van der Waals surface area contributed by atoms with Gasteiger partial charge in [0.25, 0.3) is 0 Å². The number of ether oxygens (including phenoxy) is 2. The van der Waals surface area contributed by atoms with E-state index in [1.54, 1.807) is 0 Å². The fraction of sp³-hybridized carbons (Fsp3) is 0.263. The Kier molecular flexibility index (Phi) is 5.30. The number of carbonyl (C=O) groups is 1. The molecular formula is C19H21N3O3. The molecule has 0 saturated carbocycles. The number of esters is 1. The SMILES string of the molecule is COC(=O)CNCc1ccc(OCc2nc3ccccc3n2C)cc1. The van der Waals surface area contributed by atoms with E-state index in [9.17, 15) is 4.79 Å². The fourth-order valence-electron chi connectivity index (χ4n) is 2.56. The average molecular weight is 339 g/mol. The molecule has 0 amide bonds. The summed E-state index contributed by atoms with van der Waals surface area (Å²) in [5.41, 5.74) is 3.13. The summed E-state index contributed by atoms with van der Waals surface area (Å²) in [6.07, 6.45) is 0. The second kappa shape index (κ2) is 7.81. The first-order valence-electron chi connectivity index (χ1n) is 8.07. The second-order valence-electron chi connectivity index (χ2n) is 5.69. The Hall–Kier alpha value is -2.86. The van der Waals surface area contributed by atoms with Crippen LogP contribution in [0.15, 0.2) is 48.5 Å². The molecule has 0 aliphatic heterocycles. The van der Waals surface area contributed by atoms with Crippen molar-refractivity contribution in [1.29, 1.82) is 0 Å². The molecule has 0 aliphatic rings. The molecule has 1 N–H and O–H groups in total. The molecule has 1 heterocycles. The number of carbonyl (C=O) groups excluding carboxylic acids is 1. The van der Waals surface area contributed by atoms with Gasteiger partial charge in [0, 0.05) is 13.6 Å². The number of fused-ring (bicyclic) bond motifs is 1. The first-order chi connectivity index (χ1) is 12.2. The third-order valence-corrected chi connectivity index (χ3v) is 4.00. The van der Waals surface area contributed by atoms with E-state index in [4.69, 9.17) is 4.74 Å². The van der Waals surface area contributed by atoms with E-state index in [-0.39, 0.29) is 12.5 Å². The topological polar surface area (TPSA) is 65.4 Å². The number of hydrogen-bond donors (Lipinski definition) is 1. The largest absolute Gasteiger partial charge is 0.486 e. The van der Waals surface area contributed by atoms with Crippen molar-refractivity contribution >= 4 is 17.0 Å². The van der Waals surface area contributed by atoms with Crippen molar-refractivity contribution in [3.05, 3.63) is 59.9 Å². The average Bonchev–Trinajstić information content (AvgIpc) is 2.97. The van der Waals surface area contributed by atoms with Crippen LogP contribution in [0.25, 0.3) is 11.0 Å². The summed E-state index contributed by atoms with van der Waals surface area (Å²) in [5.74, 6) is 1.39. The number of methoxy groups -OCH3 is 1. The normalized spacial score (nSPS) is 10.8. The summed E-state index contributed by atoms with van der Waals surface area (Å²) < 4.78 is 12.5. The van der Waals surface area contributed by atoms with Crippen LogP contribution in [0, 0.1) is 0 Å². The third-order valence-electron chi connectivity index (χ3n) is 4.00. The number of nitrogens with one attached hydrogen (secondary N) is 1. The molecule has 3 aromatic rings. The van der Waals surface area contributed by atoms with E-state index in [1.165, 1.54) is 7.11 Å². The maximum Gasteiger partial charge on any atom is 0.319 e. The number of imidazole rings is 1. The molecule has 2 aromatic carbocycles. The Bertz CT molecular complexity index is 856. The van der Waals surface area contributed by atoms with Crippen LogP contribution in [0.1, 0.15) is 11.4 Å². The van der Waals surface area contributed by atoms with Crippen molar-refractivity contribution in [1.82, 2.24) is 14.9 Å². The first kappa shape index (κ1) is 17.0. The molecule has 0 atom stereocenters. The predicted octanol–water partition coefficient (Wildman–Crippen LogP) is 2.41. The van der Waals surface area contributed by atoms with Crippen molar-refractivity contribution in [2.75, 3.05) is 13.7 Å². The summed E-state index contributed by atoms with van der Waals surface area (Å²) in [4.78, 5) is 15.6. The maximum atomic E-state index is 11.1. The van der Waals surface area contributed by atoms with Crippen LogP contribution in [-0.4, -0.2) is 29.2 Å². The molecule has 0 saturated heterocycles. The van der Waals surface area contributed by atoms with Crippen LogP contribution in [0.4, 0.5) is 0 Å². The fourth-order valence-corrected chi connectivity index (χ4v) is 2.56. The lowest BCUT2D eigenvalue weighted by atomic mass is 10.2. The first-order valence-corrected chi connectivity index (χ1v) is 8.07. The van der Waals surface area contributed by atoms with Gasteiger partial charge in [-0.1, -0.05) is 24.3 Å². The summed E-state index contributed by atoms with van der Waals surface area (Å²) >= 11 is 0. The monoisotopic (exact) mass is 339 g/mol. The highest BCUT2D eigenvalue weighted by Gasteiger charge is 2.07. The zero-order chi connectivity index (χ0) is 17.6. The molecule has 0 spiro atoms. The Morgan fingerprint density at radius 1 is 1.16 bits per heavy atom. The molecule has 3 rings (SSSR count). The molecule has 0 fully saturated rings. The second-order valence-corrected chi connectivity index (χ2v) is 5.69. The van der Waals surface area contributed by atoms with Gasteiger partial charge >= 0.3 is 5.97 Å². The zero-order valence-corrected chi connectivity index (χ0v) is 14.4. The Morgan fingerprint density at radius 2 is 1.92 bits per heavy atom. The van der Waals surface area contributed by atoms with E-state index in [0.717, 1.165) is 28.2 Å². The Labute approximate surface area is 146 Å². The van der Waals surface area contributed by atoms with Crippen LogP contribution in [0.3, 0.4) is 0 Å². The Balaban J connectivity index is 1.56. The van der Waals surface area contributed by atoms with Crippen LogP contribution in [-0.2, 0) is 29.7 Å². The highest BCUT2D eigenvalue weighted by molar-refractivity contribution is 5.75. The minimum atomic E-state index is -0.276. The van der Waals surface area contributed by atoms with Crippen molar-refractivity contribution in [3.8, 4) is 5.75 Å². The van der Waals surface area contributed by atoms with Gasteiger partial charge in [-0.05, 0) is 29.8 Å². The highest BCUT2D eigenvalue weighted by Crippen LogP contribution is 2.17. The van der Waals surface area contributed by atoms with Gasteiger partial charge in [0.05, 0.1) is 24.7 Å². The lowest BCUT2D eigenvalue weighted by Gasteiger charge is -2.08. The molecule has 130 valence electrons. The molecule has 6 nitrogen and oxygen atoms in total. The van der Waals surface area contributed by atoms with Crippen LogP contribution in [0.2, 0.25) is 0 Å². The molecule has 0 radical (unpaired) electrons. The lowest BCUT2D eigenvalue weighted by Crippen LogP contribution is -2.23. The van der Waals surface area contributed by atoms with Gasteiger partial charge < -0.3 is 19.4 Å². The maximum absolute atomic E-state index is 11.1. The number of benzene rings is 2. The van der Waals surface area contributed by atoms with E-state index in [1.807, 2.05) is 60.1 Å². The minimum Gasteiger partial charge on any atom is -0.486 e. The molecule has 0 aliphatic carbocycles. The van der Waals surface area contributed by atoms with E-state index in [2.05, 4.69) is 15.0 Å². The zero-order valence-electron chi connectivity index (χ0n) is 14.4. The molecule has 6 heteroatoms. The van der Waals surface area contributed by atoms with E-state index in [0.29, 0.717) is 13.2 Å². The number of hydrogen-bond acceptors (Lipinski definition) is 5. The van der Waals surface area contributed by atoms with Crippen molar-refractivity contribution < 1.29 is 14.3 Å². The molecular weight excluding hydrogens is 318 g/mol. The smallest absolute Gasteiger partial charge is 0.319 e. The van der Waals surface area contributed by atoms with Crippen LogP contribution in [0.5, 0.6) is 5.75 Å². The van der Waals surface area contributed by atoms with Gasteiger partial charge in [-0.2, -0.15) is 0 Å². The standard InChI is InChI=1S/C19H21N3O3/c1-22-17-6-4-3-5-16(17)21-18(22)13-25-15-9-7-14(8-10-15)11-20-12-19(23)24-2/h3-10,20H,11-13H2,1-2H3. The molecule has 1 aromatic heterocycles. The molecule has 0 unspecified atom stereocenters. The quantitative estimate of drug-likeness (QED) is 0.670.